The standard InChI is InChI=1S/C21H23BrN4OS/c1-4-26-20(27)19(23-18-11-7-16(8-12-18)14(2)3)24-25-21(26)28-13-15-5-9-17(22)10-6-15/h5-12,14H,4,13H2,1-3H3,(H,23,24). The first-order valence-corrected chi connectivity index (χ1v) is 11.0. The monoisotopic (exact) mass is 458 g/mol. The normalized spacial score (nSPS) is 11.0. The van der Waals surface area contributed by atoms with Crippen molar-refractivity contribution in [2.24, 2.45) is 0 Å². The molecule has 1 N–H and O–H groups in total. The van der Waals surface area contributed by atoms with Gasteiger partial charge in [-0.3, -0.25) is 9.36 Å². The van der Waals surface area contributed by atoms with E-state index < -0.39 is 0 Å². The molecule has 3 rings (SSSR count). The molecular weight excluding hydrogens is 436 g/mol. The van der Waals surface area contributed by atoms with E-state index in [1.165, 1.54) is 17.3 Å². The summed E-state index contributed by atoms with van der Waals surface area (Å²) in [7, 11) is 0. The summed E-state index contributed by atoms with van der Waals surface area (Å²) in [5.74, 6) is 1.44. The van der Waals surface area contributed by atoms with Gasteiger partial charge in [0, 0.05) is 22.5 Å². The maximum absolute atomic E-state index is 12.8. The number of nitrogens with one attached hydrogen (secondary N) is 1. The van der Waals surface area contributed by atoms with Crippen LogP contribution in [0.4, 0.5) is 11.5 Å². The smallest absolute Gasteiger partial charge is 0.297 e. The lowest BCUT2D eigenvalue weighted by atomic mass is 10.0. The van der Waals surface area contributed by atoms with E-state index >= 15 is 0 Å². The van der Waals surface area contributed by atoms with Crippen molar-refractivity contribution in [3.05, 3.63) is 74.5 Å². The third-order valence-corrected chi connectivity index (χ3v) is 5.92. The number of hydrogen-bond donors (Lipinski definition) is 1. The van der Waals surface area contributed by atoms with Gasteiger partial charge in [-0.15, -0.1) is 10.2 Å². The molecule has 5 nitrogen and oxygen atoms in total. The lowest BCUT2D eigenvalue weighted by Gasteiger charge is -2.12. The zero-order chi connectivity index (χ0) is 20.1. The minimum Gasteiger partial charge on any atom is -0.334 e. The summed E-state index contributed by atoms with van der Waals surface area (Å²) in [6.45, 7) is 6.78. The molecule has 0 saturated carbocycles. The molecule has 0 atom stereocenters. The molecule has 0 aliphatic rings. The van der Waals surface area contributed by atoms with Gasteiger partial charge in [0.25, 0.3) is 5.56 Å². The highest BCUT2D eigenvalue weighted by Crippen LogP contribution is 2.22. The van der Waals surface area contributed by atoms with Gasteiger partial charge in [-0.05, 0) is 48.2 Å². The van der Waals surface area contributed by atoms with Crippen molar-refractivity contribution in [1.29, 1.82) is 0 Å². The Hall–Kier alpha value is -2.12. The van der Waals surface area contributed by atoms with Crippen molar-refractivity contribution in [3.63, 3.8) is 0 Å². The summed E-state index contributed by atoms with van der Waals surface area (Å²) in [6.07, 6.45) is 0. The van der Waals surface area contributed by atoms with Gasteiger partial charge in [0.1, 0.15) is 0 Å². The third kappa shape index (κ3) is 5.02. The molecule has 0 amide bonds. The van der Waals surface area contributed by atoms with Crippen LogP contribution in [-0.2, 0) is 12.3 Å². The van der Waals surface area contributed by atoms with Crippen LogP contribution in [-0.4, -0.2) is 14.8 Å². The minimum absolute atomic E-state index is 0.163. The van der Waals surface area contributed by atoms with Crippen LogP contribution in [0.2, 0.25) is 0 Å². The van der Waals surface area contributed by atoms with Crippen molar-refractivity contribution in [1.82, 2.24) is 14.8 Å². The summed E-state index contributed by atoms with van der Waals surface area (Å²) < 4.78 is 2.70. The molecule has 0 aliphatic heterocycles. The van der Waals surface area contributed by atoms with E-state index in [1.54, 1.807) is 4.57 Å². The van der Waals surface area contributed by atoms with Crippen LogP contribution < -0.4 is 10.9 Å². The number of rotatable bonds is 7. The predicted molar refractivity (Wildman–Crippen MR) is 119 cm³/mol. The van der Waals surface area contributed by atoms with E-state index in [-0.39, 0.29) is 11.4 Å². The maximum Gasteiger partial charge on any atom is 0.297 e. The Kier molecular flexibility index (Phi) is 6.91. The number of aromatic nitrogens is 3. The number of nitrogens with zero attached hydrogens (tertiary/aromatic N) is 3. The van der Waals surface area contributed by atoms with E-state index in [0.717, 1.165) is 21.5 Å². The lowest BCUT2D eigenvalue weighted by Crippen LogP contribution is -2.26. The molecule has 0 saturated heterocycles. The van der Waals surface area contributed by atoms with Gasteiger partial charge in [-0.1, -0.05) is 65.8 Å². The second kappa shape index (κ2) is 9.39. The lowest BCUT2D eigenvalue weighted by molar-refractivity contribution is 0.597. The average Bonchev–Trinajstić information content (AvgIpc) is 2.70. The van der Waals surface area contributed by atoms with E-state index in [2.05, 4.69) is 69.6 Å². The molecule has 0 bridgehead atoms. The van der Waals surface area contributed by atoms with Crippen LogP contribution >= 0.6 is 27.7 Å². The van der Waals surface area contributed by atoms with Gasteiger partial charge in [-0.25, -0.2) is 0 Å². The largest absolute Gasteiger partial charge is 0.334 e. The van der Waals surface area contributed by atoms with Crippen LogP contribution in [0.1, 0.15) is 37.8 Å². The molecule has 28 heavy (non-hydrogen) atoms. The Morgan fingerprint density at radius 1 is 1.07 bits per heavy atom. The Morgan fingerprint density at radius 3 is 2.36 bits per heavy atom. The fourth-order valence-corrected chi connectivity index (χ4v) is 3.90. The van der Waals surface area contributed by atoms with Gasteiger partial charge in [-0.2, -0.15) is 0 Å². The van der Waals surface area contributed by atoms with Crippen LogP contribution in [0, 0.1) is 0 Å². The molecule has 146 valence electrons. The van der Waals surface area contributed by atoms with Gasteiger partial charge in [0.2, 0.25) is 5.82 Å². The van der Waals surface area contributed by atoms with Gasteiger partial charge < -0.3 is 5.32 Å². The van der Waals surface area contributed by atoms with E-state index in [1.807, 2.05) is 31.2 Å². The molecular formula is C21H23BrN4OS. The van der Waals surface area contributed by atoms with Gasteiger partial charge in [0.05, 0.1) is 0 Å². The Bertz CT molecular complexity index is 985. The highest BCUT2D eigenvalue weighted by molar-refractivity contribution is 9.10. The van der Waals surface area contributed by atoms with E-state index in [4.69, 9.17) is 0 Å². The first kappa shape index (κ1) is 20.6. The zero-order valence-corrected chi connectivity index (χ0v) is 18.5. The summed E-state index contributed by atoms with van der Waals surface area (Å²) in [5, 5.41) is 12.2. The van der Waals surface area contributed by atoms with E-state index in [9.17, 15) is 4.79 Å². The fraction of sp³-hybridized carbons (Fsp3) is 0.286. The SMILES string of the molecule is CCn1c(SCc2ccc(Br)cc2)nnc(Nc2ccc(C(C)C)cc2)c1=O. The van der Waals surface area contributed by atoms with Crippen molar-refractivity contribution in [3.8, 4) is 0 Å². The Labute approximate surface area is 177 Å². The van der Waals surface area contributed by atoms with Gasteiger partial charge in [0.15, 0.2) is 5.16 Å². The molecule has 0 unspecified atom stereocenters. The highest BCUT2D eigenvalue weighted by atomic mass is 79.9. The highest BCUT2D eigenvalue weighted by Gasteiger charge is 2.12. The molecule has 0 spiro atoms. The number of anilines is 2. The Morgan fingerprint density at radius 2 is 1.75 bits per heavy atom. The first-order valence-electron chi connectivity index (χ1n) is 9.19. The second-order valence-electron chi connectivity index (χ2n) is 6.70. The molecule has 1 heterocycles. The minimum atomic E-state index is -0.163. The number of halogens is 1. The van der Waals surface area contributed by atoms with Gasteiger partial charge >= 0.3 is 0 Å². The van der Waals surface area contributed by atoms with Crippen molar-refractivity contribution in [2.75, 3.05) is 5.32 Å². The number of thioether (sulfide) groups is 1. The van der Waals surface area contributed by atoms with Crippen molar-refractivity contribution in [2.45, 2.75) is 44.1 Å². The Balaban J connectivity index is 1.77. The fourth-order valence-electron chi connectivity index (χ4n) is 2.68. The topological polar surface area (TPSA) is 59.8 Å². The predicted octanol–water partition coefficient (Wildman–Crippen LogP) is 5.58. The number of benzene rings is 2. The summed E-state index contributed by atoms with van der Waals surface area (Å²) in [4.78, 5) is 12.8. The third-order valence-electron chi connectivity index (χ3n) is 4.35. The average molecular weight is 459 g/mol. The molecule has 2 aromatic carbocycles. The van der Waals surface area contributed by atoms with E-state index in [0.29, 0.717) is 17.6 Å². The summed E-state index contributed by atoms with van der Waals surface area (Å²) in [6, 6.07) is 16.2. The second-order valence-corrected chi connectivity index (χ2v) is 8.56. The summed E-state index contributed by atoms with van der Waals surface area (Å²) >= 11 is 4.95. The molecule has 3 aromatic rings. The molecule has 1 aromatic heterocycles. The summed E-state index contributed by atoms with van der Waals surface area (Å²) in [5.41, 5.74) is 3.08. The molecule has 0 aliphatic carbocycles. The van der Waals surface area contributed by atoms with Crippen LogP contribution in [0.25, 0.3) is 0 Å². The first-order chi connectivity index (χ1) is 13.5. The molecule has 0 radical (unpaired) electrons. The van der Waals surface area contributed by atoms with Crippen LogP contribution in [0.5, 0.6) is 0 Å². The quantitative estimate of drug-likeness (QED) is 0.468. The van der Waals surface area contributed by atoms with Crippen LogP contribution in [0.15, 0.2) is 63.0 Å². The van der Waals surface area contributed by atoms with Crippen molar-refractivity contribution >= 4 is 39.2 Å². The van der Waals surface area contributed by atoms with Crippen LogP contribution in [0.3, 0.4) is 0 Å². The number of hydrogen-bond acceptors (Lipinski definition) is 5. The molecule has 7 heteroatoms. The zero-order valence-electron chi connectivity index (χ0n) is 16.1. The maximum atomic E-state index is 12.8. The van der Waals surface area contributed by atoms with Crippen molar-refractivity contribution < 1.29 is 0 Å². The molecule has 0 fully saturated rings.